The molecule has 1 aliphatic heterocycles. The van der Waals surface area contributed by atoms with E-state index >= 15 is 0 Å². The Kier molecular flexibility index (Phi) is 9.04. The minimum atomic E-state index is -3.55. The second kappa shape index (κ2) is 12.2. The van der Waals surface area contributed by atoms with Gasteiger partial charge in [-0.05, 0) is 49.1 Å². The number of urea groups is 1. The molecule has 7 nitrogen and oxygen atoms in total. The summed E-state index contributed by atoms with van der Waals surface area (Å²) in [7, 11) is -3.55. The zero-order chi connectivity index (χ0) is 25.5. The Morgan fingerprint density at radius 3 is 2.33 bits per heavy atom. The van der Waals surface area contributed by atoms with E-state index in [1.165, 1.54) is 36.4 Å². The highest BCUT2D eigenvalue weighted by Crippen LogP contribution is 2.29. The number of rotatable bonds is 8. The first-order valence-electron chi connectivity index (χ1n) is 13.3. The van der Waals surface area contributed by atoms with Crippen molar-refractivity contribution < 1.29 is 13.2 Å². The molecular weight excluding hydrogens is 472 g/mol. The third-order valence-corrected chi connectivity index (χ3v) is 9.59. The monoisotopic (exact) mass is 512 g/mol. The number of piperazine rings is 1. The van der Waals surface area contributed by atoms with Crippen LogP contribution in [0.25, 0.3) is 0 Å². The maximum atomic E-state index is 13.0. The third kappa shape index (κ3) is 6.66. The first-order valence-corrected chi connectivity index (χ1v) is 14.7. The molecule has 36 heavy (non-hydrogen) atoms. The first-order chi connectivity index (χ1) is 17.3. The average molecular weight is 513 g/mol. The molecule has 2 aliphatic rings. The van der Waals surface area contributed by atoms with E-state index in [9.17, 15) is 13.2 Å². The number of benzene rings is 2. The van der Waals surface area contributed by atoms with Crippen LogP contribution < -0.4 is 10.6 Å². The van der Waals surface area contributed by atoms with Crippen molar-refractivity contribution in [3.8, 4) is 0 Å². The Balaban J connectivity index is 1.28. The van der Waals surface area contributed by atoms with Crippen LogP contribution in [0.15, 0.2) is 53.4 Å². The van der Waals surface area contributed by atoms with Gasteiger partial charge in [-0.25, -0.2) is 13.2 Å². The fraction of sp³-hybridized carbons (Fsp3) is 0.536. The summed E-state index contributed by atoms with van der Waals surface area (Å²) in [5.74, 6) is 1.47. The van der Waals surface area contributed by atoms with Gasteiger partial charge in [-0.1, -0.05) is 74.9 Å². The molecule has 1 saturated heterocycles. The summed E-state index contributed by atoms with van der Waals surface area (Å²) in [4.78, 5) is 15.0. The number of carbonyl (C=O) groups is 1. The molecule has 0 spiro atoms. The molecule has 2 N–H and O–H groups in total. The molecule has 0 radical (unpaired) electrons. The Morgan fingerprint density at radius 2 is 1.64 bits per heavy atom. The van der Waals surface area contributed by atoms with Crippen molar-refractivity contribution in [2.75, 3.05) is 38.0 Å². The predicted octanol–water partition coefficient (Wildman–Crippen LogP) is 4.84. The summed E-state index contributed by atoms with van der Waals surface area (Å²) in [6.45, 7) is 7.24. The van der Waals surface area contributed by atoms with E-state index in [0.29, 0.717) is 30.4 Å². The minimum absolute atomic E-state index is 0.189. The number of hydrogen-bond donors (Lipinski definition) is 2. The van der Waals surface area contributed by atoms with Gasteiger partial charge >= 0.3 is 6.03 Å². The van der Waals surface area contributed by atoms with E-state index < -0.39 is 10.0 Å². The number of para-hydroxylation sites is 1. The van der Waals surface area contributed by atoms with Crippen LogP contribution in [0.5, 0.6) is 0 Å². The third-order valence-electron chi connectivity index (χ3n) is 7.68. The molecule has 1 saturated carbocycles. The molecule has 0 aromatic heterocycles. The maximum absolute atomic E-state index is 13.0. The fourth-order valence-corrected chi connectivity index (χ4v) is 6.71. The molecule has 1 heterocycles. The Hall–Kier alpha value is -2.42. The Bertz CT molecular complexity index is 1110. The van der Waals surface area contributed by atoms with Gasteiger partial charge in [-0.15, -0.1) is 0 Å². The highest BCUT2D eigenvalue weighted by atomic mass is 32.2. The van der Waals surface area contributed by atoms with Crippen molar-refractivity contribution in [2.24, 2.45) is 11.8 Å². The van der Waals surface area contributed by atoms with Crippen LogP contribution in [0.4, 0.5) is 10.5 Å². The molecule has 1 atom stereocenters. The summed E-state index contributed by atoms with van der Waals surface area (Å²) >= 11 is 0. The predicted molar refractivity (Wildman–Crippen MR) is 144 cm³/mol. The lowest BCUT2D eigenvalue weighted by Crippen LogP contribution is -2.51. The lowest BCUT2D eigenvalue weighted by atomic mass is 9.81. The van der Waals surface area contributed by atoms with Gasteiger partial charge in [0.1, 0.15) is 0 Å². The highest BCUT2D eigenvalue weighted by Gasteiger charge is 2.30. The Morgan fingerprint density at radius 1 is 0.972 bits per heavy atom. The number of sulfonamides is 1. The van der Waals surface area contributed by atoms with Gasteiger partial charge in [-0.3, -0.25) is 0 Å². The number of aryl methyl sites for hydroxylation is 1. The zero-order valence-electron chi connectivity index (χ0n) is 21.6. The van der Waals surface area contributed by atoms with Crippen LogP contribution in [0, 0.1) is 18.8 Å². The topological polar surface area (TPSA) is 81.8 Å². The molecule has 2 aromatic carbocycles. The lowest BCUT2D eigenvalue weighted by Gasteiger charge is -2.34. The molecule has 1 unspecified atom stereocenters. The van der Waals surface area contributed by atoms with Gasteiger partial charge in [0.25, 0.3) is 0 Å². The maximum Gasteiger partial charge on any atom is 0.321 e. The molecule has 2 fully saturated rings. The van der Waals surface area contributed by atoms with E-state index in [1.54, 1.807) is 29.2 Å². The molecular formula is C28H40N4O3S. The summed E-state index contributed by atoms with van der Waals surface area (Å²) in [5.41, 5.74) is 2.88. The normalized spacial score (nSPS) is 18.7. The smallest absolute Gasteiger partial charge is 0.321 e. The standard InChI is InChI=1S/C28H40N4O3S/c1-22-12-14-26(15-13-22)36(34,35)32-18-16-31(17-19-32)28(33)30-27-11-7-6-10-25(27)21-29-20-23(2)24-8-4-3-5-9-24/h6-7,10-15,23-24,29H,3-5,8-9,16-21H2,1-2H3,(H,30,33). The van der Waals surface area contributed by atoms with Gasteiger partial charge in [0.2, 0.25) is 10.0 Å². The van der Waals surface area contributed by atoms with Crippen molar-refractivity contribution >= 4 is 21.7 Å². The number of anilines is 1. The molecule has 196 valence electrons. The van der Waals surface area contributed by atoms with E-state index in [1.807, 2.05) is 31.2 Å². The highest BCUT2D eigenvalue weighted by molar-refractivity contribution is 7.89. The van der Waals surface area contributed by atoms with Crippen LogP contribution in [0.1, 0.15) is 50.2 Å². The van der Waals surface area contributed by atoms with Crippen molar-refractivity contribution in [3.63, 3.8) is 0 Å². The number of nitrogens with one attached hydrogen (secondary N) is 2. The van der Waals surface area contributed by atoms with Gasteiger partial charge in [-0.2, -0.15) is 4.31 Å². The van der Waals surface area contributed by atoms with E-state index in [0.717, 1.165) is 29.3 Å². The van der Waals surface area contributed by atoms with Crippen LogP contribution in [0.3, 0.4) is 0 Å². The van der Waals surface area contributed by atoms with E-state index in [-0.39, 0.29) is 19.1 Å². The SMILES string of the molecule is Cc1ccc(S(=O)(=O)N2CCN(C(=O)Nc3ccccc3CNCC(C)C3CCCCC3)CC2)cc1. The second-order valence-electron chi connectivity index (χ2n) is 10.3. The van der Waals surface area contributed by atoms with Gasteiger partial charge in [0.15, 0.2) is 0 Å². The van der Waals surface area contributed by atoms with Crippen molar-refractivity contribution in [1.82, 2.24) is 14.5 Å². The molecule has 0 bridgehead atoms. The van der Waals surface area contributed by atoms with Gasteiger partial charge in [0.05, 0.1) is 4.90 Å². The van der Waals surface area contributed by atoms with Crippen LogP contribution >= 0.6 is 0 Å². The lowest BCUT2D eigenvalue weighted by molar-refractivity contribution is 0.184. The number of carbonyl (C=O) groups excluding carboxylic acids is 1. The Labute approximate surface area is 216 Å². The summed E-state index contributed by atoms with van der Waals surface area (Å²) < 4.78 is 27.4. The quantitative estimate of drug-likeness (QED) is 0.530. The molecule has 2 aromatic rings. The van der Waals surface area contributed by atoms with Crippen LogP contribution in [-0.4, -0.2) is 56.4 Å². The molecule has 4 rings (SSSR count). The van der Waals surface area contributed by atoms with Crippen LogP contribution in [-0.2, 0) is 16.6 Å². The summed E-state index contributed by atoms with van der Waals surface area (Å²) in [6.07, 6.45) is 6.78. The number of amides is 2. The molecule has 8 heteroatoms. The van der Waals surface area contributed by atoms with E-state index in [2.05, 4.69) is 17.6 Å². The number of hydrogen-bond acceptors (Lipinski definition) is 4. The fourth-order valence-electron chi connectivity index (χ4n) is 5.29. The van der Waals surface area contributed by atoms with Crippen molar-refractivity contribution in [2.45, 2.75) is 57.4 Å². The first kappa shape index (κ1) is 26.6. The molecule has 1 aliphatic carbocycles. The largest absolute Gasteiger partial charge is 0.322 e. The second-order valence-corrected chi connectivity index (χ2v) is 12.2. The van der Waals surface area contributed by atoms with Crippen LogP contribution in [0.2, 0.25) is 0 Å². The molecule has 2 amide bonds. The minimum Gasteiger partial charge on any atom is -0.322 e. The summed E-state index contributed by atoms with van der Waals surface area (Å²) in [5, 5.41) is 6.65. The average Bonchev–Trinajstić information content (AvgIpc) is 2.90. The van der Waals surface area contributed by atoms with E-state index in [4.69, 9.17) is 0 Å². The van der Waals surface area contributed by atoms with Gasteiger partial charge < -0.3 is 15.5 Å². The van der Waals surface area contributed by atoms with Gasteiger partial charge in [0, 0.05) is 38.4 Å². The zero-order valence-corrected chi connectivity index (χ0v) is 22.4. The van der Waals surface area contributed by atoms with Crippen molar-refractivity contribution in [3.05, 3.63) is 59.7 Å². The summed E-state index contributed by atoms with van der Waals surface area (Å²) in [6, 6.07) is 14.6. The number of nitrogens with zero attached hydrogens (tertiary/aromatic N) is 2. The van der Waals surface area contributed by atoms with Crippen molar-refractivity contribution in [1.29, 1.82) is 0 Å².